The maximum Gasteiger partial charge on any atom is 0.130 e. The highest BCUT2D eigenvalue weighted by Gasteiger charge is 2.16. The first kappa shape index (κ1) is 11.0. The molecule has 0 N–H and O–H groups in total. The molecule has 2 nitrogen and oxygen atoms in total. The SMILES string of the molecule is O=NCC1=C(c2ccccc2F)CCCC1. The van der Waals surface area contributed by atoms with Crippen molar-refractivity contribution >= 4 is 5.57 Å². The Morgan fingerprint density at radius 3 is 2.69 bits per heavy atom. The summed E-state index contributed by atoms with van der Waals surface area (Å²) >= 11 is 0. The zero-order chi connectivity index (χ0) is 11.4. The zero-order valence-electron chi connectivity index (χ0n) is 9.08. The zero-order valence-corrected chi connectivity index (χ0v) is 9.08. The van der Waals surface area contributed by atoms with Gasteiger partial charge in [-0.1, -0.05) is 23.4 Å². The van der Waals surface area contributed by atoms with Crippen molar-refractivity contribution in [3.63, 3.8) is 0 Å². The van der Waals surface area contributed by atoms with Crippen molar-refractivity contribution in [2.24, 2.45) is 5.18 Å². The second-order valence-corrected chi connectivity index (χ2v) is 4.06. The van der Waals surface area contributed by atoms with Gasteiger partial charge in [0.1, 0.15) is 12.4 Å². The first-order valence-electron chi connectivity index (χ1n) is 5.58. The van der Waals surface area contributed by atoms with Crippen LogP contribution in [0.1, 0.15) is 31.2 Å². The van der Waals surface area contributed by atoms with Crippen LogP contribution in [0.15, 0.2) is 35.0 Å². The number of hydrogen-bond donors (Lipinski definition) is 0. The van der Waals surface area contributed by atoms with Gasteiger partial charge in [0.15, 0.2) is 0 Å². The Kier molecular flexibility index (Phi) is 3.44. The van der Waals surface area contributed by atoms with Crippen LogP contribution in [0, 0.1) is 10.7 Å². The molecule has 0 spiro atoms. The molecule has 0 atom stereocenters. The number of benzene rings is 1. The van der Waals surface area contributed by atoms with E-state index in [1.54, 1.807) is 12.1 Å². The lowest BCUT2D eigenvalue weighted by molar-refractivity contribution is 0.618. The van der Waals surface area contributed by atoms with E-state index < -0.39 is 0 Å². The van der Waals surface area contributed by atoms with Crippen molar-refractivity contribution in [2.75, 3.05) is 6.54 Å². The second-order valence-electron chi connectivity index (χ2n) is 4.06. The molecule has 0 unspecified atom stereocenters. The number of hydrogen-bond acceptors (Lipinski definition) is 2. The molecule has 0 aliphatic heterocycles. The molecule has 0 aromatic heterocycles. The molecule has 1 aliphatic rings. The van der Waals surface area contributed by atoms with Gasteiger partial charge in [0.2, 0.25) is 0 Å². The van der Waals surface area contributed by atoms with E-state index in [1.807, 2.05) is 6.07 Å². The van der Waals surface area contributed by atoms with Crippen LogP contribution in [0.3, 0.4) is 0 Å². The fourth-order valence-corrected chi connectivity index (χ4v) is 2.25. The van der Waals surface area contributed by atoms with Gasteiger partial charge in [-0.05, 0) is 42.9 Å². The first-order chi connectivity index (χ1) is 7.83. The lowest BCUT2D eigenvalue weighted by Crippen LogP contribution is -2.03. The summed E-state index contributed by atoms with van der Waals surface area (Å²) in [7, 11) is 0. The third-order valence-electron chi connectivity index (χ3n) is 3.04. The molecule has 84 valence electrons. The number of nitroso groups, excluding NO2 is 1. The van der Waals surface area contributed by atoms with Gasteiger partial charge in [0, 0.05) is 5.56 Å². The molecule has 0 bridgehead atoms. The molecule has 1 aromatic rings. The fraction of sp³-hybridized carbons (Fsp3) is 0.385. The van der Waals surface area contributed by atoms with E-state index in [0.717, 1.165) is 36.8 Å². The van der Waals surface area contributed by atoms with E-state index in [-0.39, 0.29) is 12.4 Å². The third-order valence-corrected chi connectivity index (χ3v) is 3.04. The molecule has 0 amide bonds. The number of nitrogens with zero attached hydrogens (tertiary/aromatic N) is 1. The van der Waals surface area contributed by atoms with Crippen LogP contribution in [-0.4, -0.2) is 6.54 Å². The summed E-state index contributed by atoms with van der Waals surface area (Å²) in [5.74, 6) is -0.206. The predicted molar refractivity (Wildman–Crippen MR) is 62.5 cm³/mol. The van der Waals surface area contributed by atoms with E-state index in [9.17, 15) is 9.30 Å². The van der Waals surface area contributed by atoms with E-state index in [4.69, 9.17) is 0 Å². The van der Waals surface area contributed by atoms with Crippen molar-refractivity contribution < 1.29 is 4.39 Å². The second kappa shape index (κ2) is 5.01. The van der Waals surface area contributed by atoms with Crippen molar-refractivity contribution in [3.8, 4) is 0 Å². The highest BCUT2D eigenvalue weighted by atomic mass is 19.1. The topological polar surface area (TPSA) is 29.4 Å². The average Bonchev–Trinajstić information content (AvgIpc) is 2.31. The normalized spacial score (nSPS) is 16.3. The summed E-state index contributed by atoms with van der Waals surface area (Å²) in [6.45, 7) is 0.198. The van der Waals surface area contributed by atoms with Crippen LogP contribution in [0.2, 0.25) is 0 Å². The fourth-order valence-electron chi connectivity index (χ4n) is 2.25. The van der Waals surface area contributed by atoms with Crippen LogP contribution in [0.25, 0.3) is 5.57 Å². The molecule has 0 saturated carbocycles. The van der Waals surface area contributed by atoms with E-state index in [0.29, 0.717) is 5.56 Å². The number of rotatable bonds is 3. The summed E-state index contributed by atoms with van der Waals surface area (Å²) in [6, 6.07) is 6.75. The lowest BCUT2D eigenvalue weighted by atomic mass is 9.87. The van der Waals surface area contributed by atoms with Gasteiger partial charge in [-0.25, -0.2) is 4.39 Å². The predicted octanol–water partition coefficient (Wildman–Crippen LogP) is 3.92. The summed E-state index contributed by atoms with van der Waals surface area (Å²) in [5, 5.41) is 2.93. The Hall–Kier alpha value is -1.51. The lowest BCUT2D eigenvalue weighted by Gasteiger charge is -2.19. The van der Waals surface area contributed by atoms with Gasteiger partial charge in [0.25, 0.3) is 0 Å². The molecule has 0 saturated heterocycles. The van der Waals surface area contributed by atoms with Gasteiger partial charge >= 0.3 is 0 Å². The quantitative estimate of drug-likeness (QED) is 0.708. The molecular weight excluding hydrogens is 205 g/mol. The molecule has 1 aliphatic carbocycles. The van der Waals surface area contributed by atoms with Crippen LogP contribution in [0.5, 0.6) is 0 Å². The highest BCUT2D eigenvalue weighted by molar-refractivity contribution is 5.70. The van der Waals surface area contributed by atoms with E-state index >= 15 is 0 Å². The first-order valence-corrected chi connectivity index (χ1v) is 5.58. The van der Waals surface area contributed by atoms with Crippen molar-refractivity contribution in [2.45, 2.75) is 25.7 Å². The minimum absolute atomic E-state index is 0.198. The Balaban J connectivity index is 2.43. The molecule has 0 radical (unpaired) electrons. The largest absolute Gasteiger partial charge is 0.206 e. The van der Waals surface area contributed by atoms with E-state index in [2.05, 4.69) is 5.18 Å². The van der Waals surface area contributed by atoms with Gasteiger partial charge in [-0.3, -0.25) is 0 Å². The van der Waals surface area contributed by atoms with Crippen LogP contribution in [0.4, 0.5) is 4.39 Å². The maximum absolute atomic E-state index is 13.6. The summed E-state index contributed by atoms with van der Waals surface area (Å²) in [5.41, 5.74) is 2.64. The monoisotopic (exact) mass is 219 g/mol. The minimum Gasteiger partial charge on any atom is -0.206 e. The minimum atomic E-state index is -0.206. The van der Waals surface area contributed by atoms with Crippen molar-refractivity contribution in [1.82, 2.24) is 0 Å². The van der Waals surface area contributed by atoms with Gasteiger partial charge < -0.3 is 0 Å². The van der Waals surface area contributed by atoms with E-state index in [1.165, 1.54) is 6.07 Å². The Morgan fingerprint density at radius 2 is 1.94 bits per heavy atom. The van der Waals surface area contributed by atoms with Crippen LogP contribution < -0.4 is 0 Å². The molecule has 2 rings (SSSR count). The third kappa shape index (κ3) is 2.18. The van der Waals surface area contributed by atoms with Crippen molar-refractivity contribution in [3.05, 3.63) is 46.1 Å². The van der Waals surface area contributed by atoms with Gasteiger partial charge in [-0.15, -0.1) is 0 Å². The van der Waals surface area contributed by atoms with Crippen LogP contribution >= 0.6 is 0 Å². The van der Waals surface area contributed by atoms with Crippen molar-refractivity contribution in [1.29, 1.82) is 0 Å². The molecule has 0 heterocycles. The molecule has 16 heavy (non-hydrogen) atoms. The molecular formula is C13H14FNO. The number of allylic oxidation sites excluding steroid dienone is 1. The Labute approximate surface area is 94.2 Å². The Morgan fingerprint density at radius 1 is 1.19 bits per heavy atom. The average molecular weight is 219 g/mol. The molecule has 3 heteroatoms. The molecule has 0 fully saturated rings. The van der Waals surface area contributed by atoms with Gasteiger partial charge in [-0.2, -0.15) is 4.91 Å². The maximum atomic E-state index is 13.6. The van der Waals surface area contributed by atoms with Gasteiger partial charge in [0.05, 0.1) is 0 Å². The standard InChI is InChI=1S/C13H14FNO/c14-13-8-4-3-7-12(13)11-6-2-1-5-10(11)9-15-16/h3-4,7-8H,1-2,5-6,9H2. The smallest absolute Gasteiger partial charge is 0.130 e. The van der Waals surface area contributed by atoms with Crippen LogP contribution in [-0.2, 0) is 0 Å². The Bertz CT molecular complexity index is 426. The summed E-state index contributed by atoms with van der Waals surface area (Å²) in [4.78, 5) is 10.4. The number of halogens is 1. The summed E-state index contributed by atoms with van der Waals surface area (Å²) in [6.07, 6.45) is 3.86. The molecule has 1 aromatic carbocycles. The summed E-state index contributed by atoms with van der Waals surface area (Å²) < 4.78 is 13.6. The highest BCUT2D eigenvalue weighted by Crippen LogP contribution is 2.33.